The minimum atomic E-state index is -3.14. The first-order valence-corrected chi connectivity index (χ1v) is 7.29. The van der Waals surface area contributed by atoms with E-state index in [2.05, 4.69) is 5.32 Å². The Hall–Kier alpha value is -1.74. The number of nitrogen functional groups attached to an aromatic ring is 1. The second kappa shape index (κ2) is 4.86. The van der Waals surface area contributed by atoms with Crippen molar-refractivity contribution >= 4 is 21.2 Å². The lowest BCUT2D eigenvalue weighted by Crippen LogP contribution is -2.38. The number of hydrogen-bond acceptors (Lipinski definition) is 5. The molecular formula is C12H17N3O2S. The lowest BCUT2D eigenvalue weighted by molar-refractivity contribution is 0.560. The molecule has 0 fully saturated rings. The molecule has 0 unspecified atom stereocenters. The Morgan fingerprint density at radius 3 is 2.50 bits per heavy atom. The van der Waals surface area contributed by atoms with Crippen LogP contribution in [0.2, 0.25) is 0 Å². The molecule has 0 radical (unpaired) electrons. The Kier molecular flexibility index (Phi) is 3.87. The van der Waals surface area contributed by atoms with E-state index in [0.29, 0.717) is 16.9 Å². The summed E-state index contributed by atoms with van der Waals surface area (Å²) in [5.41, 5.74) is 7.15. The summed E-state index contributed by atoms with van der Waals surface area (Å²) in [5, 5.41) is 11.8. The maximum Gasteiger partial charge on any atom is 0.154 e. The predicted octanol–water partition coefficient (Wildman–Crippen LogP) is 1.38. The zero-order valence-corrected chi connectivity index (χ0v) is 11.5. The maximum atomic E-state index is 11.5. The summed E-state index contributed by atoms with van der Waals surface area (Å²) in [7, 11) is -3.14. The van der Waals surface area contributed by atoms with Gasteiger partial charge in [-0.05, 0) is 32.0 Å². The van der Waals surface area contributed by atoms with Crippen LogP contribution in [0.3, 0.4) is 0 Å². The molecule has 1 aromatic carbocycles. The number of anilines is 2. The summed E-state index contributed by atoms with van der Waals surface area (Å²) in [6.45, 7) is 3.59. The molecule has 0 bridgehead atoms. The van der Waals surface area contributed by atoms with Crippen LogP contribution in [-0.2, 0) is 9.84 Å². The van der Waals surface area contributed by atoms with Crippen molar-refractivity contribution in [3.8, 4) is 6.07 Å². The van der Waals surface area contributed by atoms with Gasteiger partial charge in [0, 0.05) is 18.5 Å². The number of nitrogens with one attached hydrogen (secondary N) is 1. The normalized spacial score (nSPS) is 11.9. The van der Waals surface area contributed by atoms with Gasteiger partial charge in [0.2, 0.25) is 0 Å². The van der Waals surface area contributed by atoms with E-state index in [4.69, 9.17) is 11.0 Å². The van der Waals surface area contributed by atoms with Crippen molar-refractivity contribution in [1.82, 2.24) is 0 Å². The van der Waals surface area contributed by atoms with Crippen LogP contribution >= 0.6 is 0 Å². The molecule has 98 valence electrons. The predicted molar refractivity (Wildman–Crippen MR) is 73.0 cm³/mol. The first kappa shape index (κ1) is 14.3. The summed E-state index contributed by atoms with van der Waals surface area (Å²) in [5.74, 6) is 0. The molecule has 0 amide bonds. The second-order valence-corrected chi connectivity index (χ2v) is 7.45. The van der Waals surface area contributed by atoms with Crippen LogP contribution < -0.4 is 11.1 Å². The number of nitrogens with two attached hydrogens (primary N) is 1. The van der Waals surface area contributed by atoms with E-state index in [1.807, 2.05) is 6.07 Å². The number of nitriles is 1. The molecule has 0 saturated carbocycles. The van der Waals surface area contributed by atoms with Gasteiger partial charge in [-0.3, -0.25) is 0 Å². The minimum Gasteiger partial charge on any atom is -0.398 e. The van der Waals surface area contributed by atoms with E-state index < -0.39 is 14.6 Å². The van der Waals surface area contributed by atoms with E-state index >= 15 is 0 Å². The molecule has 1 aromatic rings. The minimum absolute atomic E-state index is 0.275. The Balaban J connectivity index is 2.83. The molecule has 5 nitrogen and oxygen atoms in total. The van der Waals surface area contributed by atoms with Gasteiger partial charge in [-0.1, -0.05) is 0 Å². The number of rotatable bonds is 4. The number of benzene rings is 1. The summed E-state index contributed by atoms with van der Waals surface area (Å²) in [4.78, 5) is 0. The van der Waals surface area contributed by atoms with Crippen molar-refractivity contribution < 1.29 is 8.42 Å². The monoisotopic (exact) mass is 267 g/mol. The van der Waals surface area contributed by atoms with Gasteiger partial charge in [0.1, 0.15) is 6.07 Å². The SMILES string of the molecule is CC(C)(CNc1ccc(C#N)c(N)c1)S(C)(=O)=O. The molecule has 0 aromatic heterocycles. The molecule has 0 aliphatic carbocycles. The van der Waals surface area contributed by atoms with Crippen LogP contribution in [-0.4, -0.2) is 26.0 Å². The maximum absolute atomic E-state index is 11.5. The fourth-order valence-electron chi connectivity index (χ4n) is 1.22. The van der Waals surface area contributed by atoms with Crippen molar-refractivity contribution in [2.45, 2.75) is 18.6 Å². The van der Waals surface area contributed by atoms with Gasteiger partial charge in [0.15, 0.2) is 9.84 Å². The van der Waals surface area contributed by atoms with Crippen LogP contribution in [0.1, 0.15) is 19.4 Å². The van der Waals surface area contributed by atoms with Gasteiger partial charge in [-0.15, -0.1) is 0 Å². The molecule has 18 heavy (non-hydrogen) atoms. The molecule has 0 spiro atoms. The van der Waals surface area contributed by atoms with Gasteiger partial charge in [-0.2, -0.15) is 5.26 Å². The molecule has 0 heterocycles. The molecular weight excluding hydrogens is 250 g/mol. The van der Waals surface area contributed by atoms with Gasteiger partial charge < -0.3 is 11.1 Å². The quantitative estimate of drug-likeness (QED) is 0.803. The lowest BCUT2D eigenvalue weighted by atomic mass is 10.1. The third-order valence-electron chi connectivity index (χ3n) is 2.89. The highest BCUT2D eigenvalue weighted by Gasteiger charge is 2.29. The van der Waals surface area contributed by atoms with Crippen LogP contribution in [0.5, 0.6) is 0 Å². The summed E-state index contributed by atoms with van der Waals surface area (Å²) in [6.07, 6.45) is 1.21. The number of nitrogens with zero attached hydrogens (tertiary/aromatic N) is 1. The first-order valence-electron chi connectivity index (χ1n) is 5.40. The highest BCUT2D eigenvalue weighted by Crippen LogP contribution is 2.20. The fraction of sp³-hybridized carbons (Fsp3) is 0.417. The van der Waals surface area contributed by atoms with Crippen molar-refractivity contribution in [3.05, 3.63) is 23.8 Å². The largest absolute Gasteiger partial charge is 0.398 e. The second-order valence-electron chi connectivity index (χ2n) is 4.80. The third kappa shape index (κ3) is 3.14. The molecule has 1 rings (SSSR count). The van der Waals surface area contributed by atoms with Crippen LogP contribution in [0, 0.1) is 11.3 Å². The highest BCUT2D eigenvalue weighted by molar-refractivity contribution is 7.92. The summed E-state index contributed by atoms with van der Waals surface area (Å²) in [6, 6.07) is 6.90. The molecule has 0 atom stereocenters. The first-order chi connectivity index (χ1) is 8.17. The van der Waals surface area contributed by atoms with E-state index in [0.717, 1.165) is 0 Å². The Morgan fingerprint density at radius 1 is 1.44 bits per heavy atom. The van der Waals surface area contributed by atoms with Crippen LogP contribution in [0.25, 0.3) is 0 Å². The van der Waals surface area contributed by atoms with Crippen molar-refractivity contribution in [3.63, 3.8) is 0 Å². The van der Waals surface area contributed by atoms with Crippen molar-refractivity contribution in [2.24, 2.45) is 0 Å². The zero-order valence-electron chi connectivity index (χ0n) is 10.7. The molecule has 0 aliphatic heterocycles. The lowest BCUT2D eigenvalue weighted by Gasteiger charge is -2.23. The Morgan fingerprint density at radius 2 is 2.06 bits per heavy atom. The number of hydrogen-bond donors (Lipinski definition) is 2. The molecule has 0 aliphatic rings. The zero-order chi connectivity index (χ0) is 14.0. The average molecular weight is 267 g/mol. The topological polar surface area (TPSA) is 96.0 Å². The van der Waals surface area contributed by atoms with Crippen LogP contribution in [0.4, 0.5) is 11.4 Å². The average Bonchev–Trinajstić information content (AvgIpc) is 2.25. The van der Waals surface area contributed by atoms with Gasteiger partial charge in [0.25, 0.3) is 0 Å². The third-order valence-corrected chi connectivity index (χ3v) is 5.05. The van der Waals surface area contributed by atoms with E-state index in [-0.39, 0.29) is 6.54 Å². The van der Waals surface area contributed by atoms with Gasteiger partial charge in [0.05, 0.1) is 16.0 Å². The van der Waals surface area contributed by atoms with E-state index in [1.165, 1.54) is 6.26 Å². The van der Waals surface area contributed by atoms with Gasteiger partial charge in [-0.25, -0.2) is 8.42 Å². The van der Waals surface area contributed by atoms with Crippen LogP contribution in [0.15, 0.2) is 18.2 Å². The van der Waals surface area contributed by atoms with Crippen molar-refractivity contribution in [1.29, 1.82) is 5.26 Å². The van der Waals surface area contributed by atoms with E-state index in [9.17, 15) is 8.42 Å². The molecule has 6 heteroatoms. The smallest absolute Gasteiger partial charge is 0.154 e. The standard InChI is InChI=1S/C12H17N3O2S/c1-12(2,18(3,16)17)8-15-10-5-4-9(7-13)11(14)6-10/h4-6,15H,8,14H2,1-3H3. The number of sulfone groups is 1. The van der Waals surface area contributed by atoms with Crippen molar-refractivity contribution in [2.75, 3.05) is 23.9 Å². The highest BCUT2D eigenvalue weighted by atomic mass is 32.2. The summed E-state index contributed by atoms with van der Waals surface area (Å²) < 4.78 is 22.2. The van der Waals surface area contributed by atoms with Gasteiger partial charge >= 0.3 is 0 Å². The Labute approximate surface area is 108 Å². The van der Waals surface area contributed by atoms with E-state index in [1.54, 1.807) is 32.0 Å². The molecule has 0 saturated heterocycles. The Bertz CT molecular complexity index is 586. The summed E-state index contributed by atoms with van der Waals surface area (Å²) >= 11 is 0. The fourth-order valence-corrected chi connectivity index (χ4v) is 1.55. The molecule has 3 N–H and O–H groups in total.